The van der Waals surface area contributed by atoms with E-state index < -0.39 is 5.97 Å². The largest absolute Gasteiger partial charge is 0.481 e. The van der Waals surface area contributed by atoms with Crippen LogP contribution in [0.1, 0.15) is 37.7 Å². The van der Waals surface area contributed by atoms with Crippen LogP contribution in [0, 0.1) is 17.2 Å². The molecular formula is C15H17BrN2O2. The van der Waals surface area contributed by atoms with Crippen LogP contribution >= 0.6 is 15.9 Å². The molecule has 106 valence electrons. The van der Waals surface area contributed by atoms with E-state index in [4.69, 9.17) is 5.26 Å². The molecule has 20 heavy (non-hydrogen) atoms. The summed E-state index contributed by atoms with van der Waals surface area (Å²) in [7, 11) is 0. The van der Waals surface area contributed by atoms with Gasteiger partial charge in [-0.3, -0.25) is 4.79 Å². The van der Waals surface area contributed by atoms with Crippen molar-refractivity contribution < 1.29 is 9.90 Å². The van der Waals surface area contributed by atoms with Crippen molar-refractivity contribution in [3.8, 4) is 6.07 Å². The molecule has 0 saturated heterocycles. The van der Waals surface area contributed by atoms with E-state index in [1.54, 1.807) is 12.1 Å². The summed E-state index contributed by atoms with van der Waals surface area (Å²) < 4.78 is 0.796. The molecule has 4 nitrogen and oxygen atoms in total. The molecule has 0 spiro atoms. The second kappa shape index (κ2) is 6.76. The third-order valence-electron chi connectivity index (χ3n) is 3.77. The number of hydrogen-bond acceptors (Lipinski definition) is 3. The minimum absolute atomic E-state index is 0.0563. The molecule has 1 saturated carbocycles. The Balaban J connectivity index is 2.18. The van der Waals surface area contributed by atoms with Gasteiger partial charge in [0, 0.05) is 16.2 Å². The highest BCUT2D eigenvalue weighted by atomic mass is 79.9. The van der Waals surface area contributed by atoms with Crippen LogP contribution in [-0.4, -0.2) is 17.1 Å². The van der Waals surface area contributed by atoms with Gasteiger partial charge in [0.2, 0.25) is 0 Å². The zero-order valence-corrected chi connectivity index (χ0v) is 12.7. The molecule has 0 amide bonds. The van der Waals surface area contributed by atoms with E-state index in [0.717, 1.165) is 42.3 Å². The molecule has 1 aliphatic rings. The van der Waals surface area contributed by atoms with E-state index in [0.29, 0.717) is 5.56 Å². The number of nitriles is 1. The summed E-state index contributed by atoms with van der Waals surface area (Å²) >= 11 is 3.43. The molecular weight excluding hydrogens is 320 g/mol. The average molecular weight is 337 g/mol. The van der Waals surface area contributed by atoms with E-state index in [-0.39, 0.29) is 12.0 Å². The normalized spacial score (nSPS) is 22.6. The van der Waals surface area contributed by atoms with Crippen LogP contribution in [0.2, 0.25) is 0 Å². The van der Waals surface area contributed by atoms with Crippen LogP contribution in [0.3, 0.4) is 0 Å². The summed E-state index contributed by atoms with van der Waals surface area (Å²) in [4.78, 5) is 11.4. The predicted octanol–water partition coefficient (Wildman–Crippen LogP) is 3.77. The zero-order valence-electron chi connectivity index (χ0n) is 11.1. The highest BCUT2D eigenvalue weighted by Gasteiger charge is 2.29. The van der Waals surface area contributed by atoms with E-state index in [1.165, 1.54) is 0 Å². The molecule has 0 radical (unpaired) electrons. The fourth-order valence-electron chi connectivity index (χ4n) is 2.68. The van der Waals surface area contributed by atoms with E-state index in [2.05, 4.69) is 27.3 Å². The van der Waals surface area contributed by atoms with Gasteiger partial charge in [-0.2, -0.15) is 5.26 Å². The van der Waals surface area contributed by atoms with E-state index >= 15 is 0 Å². The van der Waals surface area contributed by atoms with Crippen molar-refractivity contribution in [1.82, 2.24) is 0 Å². The average Bonchev–Trinajstić information content (AvgIpc) is 2.66. The fraction of sp³-hybridized carbons (Fsp3) is 0.467. The Hall–Kier alpha value is -1.54. The molecule has 0 aliphatic heterocycles. The number of nitrogens with one attached hydrogen (secondary N) is 1. The highest BCUT2D eigenvalue weighted by molar-refractivity contribution is 9.10. The van der Waals surface area contributed by atoms with Crippen molar-refractivity contribution in [2.45, 2.75) is 38.1 Å². The molecule has 2 atom stereocenters. The van der Waals surface area contributed by atoms with Gasteiger partial charge in [0.05, 0.1) is 17.6 Å². The second-order valence-corrected chi connectivity index (χ2v) is 5.99. The maximum absolute atomic E-state index is 11.4. The van der Waals surface area contributed by atoms with Crippen molar-refractivity contribution >= 4 is 27.6 Å². The van der Waals surface area contributed by atoms with Gasteiger partial charge in [0.15, 0.2) is 0 Å². The Morgan fingerprint density at radius 2 is 2.10 bits per heavy atom. The van der Waals surface area contributed by atoms with Gasteiger partial charge < -0.3 is 10.4 Å². The van der Waals surface area contributed by atoms with Gasteiger partial charge in [0.25, 0.3) is 0 Å². The fourth-order valence-corrected chi connectivity index (χ4v) is 3.17. The van der Waals surface area contributed by atoms with Crippen LogP contribution < -0.4 is 5.32 Å². The number of nitrogens with zero attached hydrogens (tertiary/aromatic N) is 1. The third kappa shape index (κ3) is 3.51. The number of hydrogen-bond donors (Lipinski definition) is 2. The van der Waals surface area contributed by atoms with Gasteiger partial charge >= 0.3 is 5.97 Å². The number of carbonyl (C=O) groups is 1. The Bertz CT molecular complexity index is 539. The smallest absolute Gasteiger partial charge is 0.308 e. The van der Waals surface area contributed by atoms with Crippen LogP contribution in [0.4, 0.5) is 5.69 Å². The summed E-state index contributed by atoms with van der Waals surface area (Å²) in [6, 6.07) is 7.33. The minimum atomic E-state index is -0.728. The molecule has 2 unspecified atom stereocenters. The van der Waals surface area contributed by atoms with Crippen LogP contribution in [0.5, 0.6) is 0 Å². The van der Waals surface area contributed by atoms with Crippen LogP contribution in [0.25, 0.3) is 0 Å². The standard InChI is InChI=1S/C15H17BrN2O2/c16-12-8-10(9-17)6-7-14(12)18-13-5-3-1-2-4-11(13)15(19)20/h6-8,11,13,18H,1-5H2,(H,19,20). The molecule has 5 heteroatoms. The number of anilines is 1. The molecule has 0 bridgehead atoms. The molecule has 1 aromatic rings. The van der Waals surface area contributed by atoms with Crippen molar-refractivity contribution in [2.24, 2.45) is 5.92 Å². The Morgan fingerprint density at radius 1 is 1.35 bits per heavy atom. The number of carboxylic acid groups (broad SMARTS) is 1. The first-order valence-electron chi connectivity index (χ1n) is 6.81. The first-order chi connectivity index (χ1) is 9.61. The lowest BCUT2D eigenvalue weighted by Gasteiger charge is -2.24. The summed E-state index contributed by atoms with van der Waals surface area (Å²) in [6.45, 7) is 0. The number of benzene rings is 1. The maximum Gasteiger partial charge on any atom is 0.308 e. The number of carboxylic acids is 1. The monoisotopic (exact) mass is 336 g/mol. The van der Waals surface area contributed by atoms with E-state index in [9.17, 15) is 9.90 Å². The molecule has 0 heterocycles. The lowest BCUT2D eigenvalue weighted by Crippen LogP contribution is -2.33. The second-order valence-electron chi connectivity index (χ2n) is 5.14. The van der Waals surface area contributed by atoms with Gasteiger partial charge in [-0.05, 0) is 47.0 Å². The van der Waals surface area contributed by atoms with Crippen molar-refractivity contribution in [2.75, 3.05) is 5.32 Å². The van der Waals surface area contributed by atoms with Crippen LogP contribution in [0.15, 0.2) is 22.7 Å². The first-order valence-corrected chi connectivity index (χ1v) is 7.60. The van der Waals surface area contributed by atoms with Gasteiger partial charge in [-0.1, -0.05) is 19.3 Å². The lowest BCUT2D eigenvalue weighted by molar-refractivity contribution is -0.142. The van der Waals surface area contributed by atoms with Crippen molar-refractivity contribution in [1.29, 1.82) is 5.26 Å². The SMILES string of the molecule is N#Cc1ccc(NC2CCCCCC2C(=O)O)c(Br)c1. The Kier molecular flexibility index (Phi) is 5.02. The van der Waals surface area contributed by atoms with Gasteiger partial charge in [-0.25, -0.2) is 0 Å². The van der Waals surface area contributed by atoms with Crippen molar-refractivity contribution in [3.63, 3.8) is 0 Å². The molecule has 2 rings (SSSR count). The Labute approximate surface area is 126 Å². The Morgan fingerprint density at radius 3 is 2.75 bits per heavy atom. The van der Waals surface area contributed by atoms with Crippen molar-refractivity contribution in [3.05, 3.63) is 28.2 Å². The summed E-state index contributed by atoms with van der Waals surface area (Å²) in [5.74, 6) is -1.07. The van der Waals surface area contributed by atoms with Gasteiger partial charge in [0.1, 0.15) is 0 Å². The number of rotatable bonds is 3. The number of aliphatic carboxylic acids is 1. The van der Waals surface area contributed by atoms with Gasteiger partial charge in [-0.15, -0.1) is 0 Å². The highest BCUT2D eigenvalue weighted by Crippen LogP contribution is 2.30. The summed E-state index contributed by atoms with van der Waals surface area (Å²) in [5.41, 5.74) is 1.43. The molecule has 1 aliphatic carbocycles. The first kappa shape index (κ1) is 14.9. The van der Waals surface area contributed by atoms with Crippen LogP contribution in [-0.2, 0) is 4.79 Å². The summed E-state index contributed by atoms with van der Waals surface area (Å²) in [5, 5.41) is 21.6. The predicted molar refractivity (Wildman–Crippen MR) is 80.5 cm³/mol. The topological polar surface area (TPSA) is 73.1 Å². The minimum Gasteiger partial charge on any atom is -0.481 e. The molecule has 1 aromatic carbocycles. The third-order valence-corrected chi connectivity index (χ3v) is 4.43. The number of halogens is 1. The summed E-state index contributed by atoms with van der Waals surface area (Å²) in [6.07, 6.45) is 4.71. The molecule has 2 N–H and O–H groups in total. The quantitative estimate of drug-likeness (QED) is 0.824. The lowest BCUT2D eigenvalue weighted by atomic mass is 9.94. The van der Waals surface area contributed by atoms with E-state index in [1.807, 2.05) is 6.07 Å². The maximum atomic E-state index is 11.4. The molecule has 0 aromatic heterocycles. The molecule has 1 fully saturated rings. The zero-order chi connectivity index (χ0) is 14.5.